The SMILES string of the molecule is CC(Nc1nc(N)nc(-c2cccc(Cl)n2)n1)C1CC1. The Kier molecular flexibility index (Phi) is 3.40. The fourth-order valence-corrected chi connectivity index (χ4v) is 2.19. The Labute approximate surface area is 121 Å². The second-order valence-corrected chi connectivity index (χ2v) is 5.34. The molecule has 1 aliphatic carbocycles. The Morgan fingerprint density at radius 2 is 2.05 bits per heavy atom. The molecule has 7 heteroatoms. The van der Waals surface area contributed by atoms with Crippen LogP contribution in [0, 0.1) is 5.92 Å². The van der Waals surface area contributed by atoms with Crippen molar-refractivity contribution in [3.05, 3.63) is 23.4 Å². The minimum Gasteiger partial charge on any atom is -0.368 e. The summed E-state index contributed by atoms with van der Waals surface area (Å²) in [7, 11) is 0. The number of nitrogen functional groups attached to an aromatic ring is 1. The molecule has 0 radical (unpaired) electrons. The first-order valence-corrected chi connectivity index (χ1v) is 6.90. The zero-order valence-electron chi connectivity index (χ0n) is 11.0. The minimum atomic E-state index is 0.169. The monoisotopic (exact) mass is 290 g/mol. The van der Waals surface area contributed by atoms with Gasteiger partial charge in [0.2, 0.25) is 11.9 Å². The highest BCUT2D eigenvalue weighted by Gasteiger charge is 2.28. The van der Waals surface area contributed by atoms with Gasteiger partial charge in [0.25, 0.3) is 0 Å². The molecule has 2 aromatic rings. The molecule has 0 aliphatic heterocycles. The van der Waals surface area contributed by atoms with Crippen LogP contribution in [0.15, 0.2) is 18.2 Å². The van der Waals surface area contributed by atoms with Gasteiger partial charge in [0.15, 0.2) is 5.82 Å². The zero-order chi connectivity index (χ0) is 14.1. The Morgan fingerprint density at radius 3 is 2.75 bits per heavy atom. The third-order valence-corrected chi connectivity index (χ3v) is 3.49. The Balaban J connectivity index is 1.89. The highest BCUT2D eigenvalue weighted by molar-refractivity contribution is 6.29. The van der Waals surface area contributed by atoms with Crippen LogP contribution in [0.25, 0.3) is 11.5 Å². The van der Waals surface area contributed by atoms with Gasteiger partial charge < -0.3 is 11.1 Å². The van der Waals surface area contributed by atoms with Crippen molar-refractivity contribution in [3.63, 3.8) is 0 Å². The minimum absolute atomic E-state index is 0.169. The van der Waals surface area contributed by atoms with Crippen LogP contribution in [0.1, 0.15) is 19.8 Å². The molecule has 0 saturated heterocycles. The van der Waals surface area contributed by atoms with Gasteiger partial charge in [0, 0.05) is 6.04 Å². The standard InChI is InChI=1S/C13H15ClN6/c1-7(8-5-6-8)16-13-19-11(18-12(15)20-13)9-3-2-4-10(14)17-9/h2-4,7-8H,5-6H2,1H3,(H3,15,16,18,19,20). The molecule has 0 aromatic carbocycles. The van der Waals surface area contributed by atoms with Gasteiger partial charge >= 0.3 is 0 Å². The highest BCUT2D eigenvalue weighted by Crippen LogP contribution is 2.33. The first-order chi connectivity index (χ1) is 9.61. The number of nitrogens with two attached hydrogens (primary N) is 1. The second-order valence-electron chi connectivity index (χ2n) is 4.96. The van der Waals surface area contributed by atoms with E-state index in [-0.39, 0.29) is 5.95 Å². The highest BCUT2D eigenvalue weighted by atomic mass is 35.5. The lowest BCUT2D eigenvalue weighted by Crippen LogP contribution is -2.20. The average molecular weight is 291 g/mol. The van der Waals surface area contributed by atoms with E-state index in [4.69, 9.17) is 17.3 Å². The molecule has 3 rings (SSSR count). The summed E-state index contributed by atoms with van der Waals surface area (Å²) >= 11 is 5.88. The summed E-state index contributed by atoms with van der Waals surface area (Å²) < 4.78 is 0. The maximum Gasteiger partial charge on any atom is 0.228 e. The van der Waals surface area contributed by atoms with Crippen LogP contribution < -0.4 is 11.1 Å². The maximum absolute atomic E-state index is 5.88. The molecule has 1 aliphatic rings. The predicted octanol–water partition coefficient (Wildman–Crippen LogP) is 2.38. The predicted molar refractivity (Wildman–Crippen MR) is 78.3 cm³/mol. The fraction of sp³-hybridized carbons (Fsp3) is 0.385. The number of hydrogen-bond acceptors (Lipinski definition) is 6. The molecule has 1 fully saturated rings. The van der Waals surface area contributed by atoms with Crippen LogP contribution >= 0.6 is 11.6 Å². The van der Waals surface area contributed by atoms with Gasteiger partial charge in [0.05, 0.1) is 0 Å². The third-order valence-electron chi connectivity index (χ3n) is 3.28. The Morgan fingerprint density at radius 1 is 1.25 bits per heavy atom. The summed E-state index contributed by atoms with van der Waals surface area (Å²) in [5.74, 6) is 1.77. The van der Waals surface area contributed by atoms with Crippen LogP contribution in [0.5, 0.6) is 0 Å². The molecular weight excluding hydrogens is 276 g/mol. The van der Waals surface area contributed by atoms with Crippen molar-refractivity contribution in [1.29, 1.82) is 0 Å². The first-order valence-electron chi connectivity index (χ1n) is 6.53. The smallest absolute Gasteiger partial charge is 0.228 e. The summed E-state index contributed by atoms with van der Waals surface area (Å²) in [6.07, 6.45) is 2.49. The summed E-state index contributed by atoms with van der Waals surface area (Å²) in [5.41, 5.74) is 6.32. The summed E-state index contributed by atoms with van der Waals surface area (Å²) in [6.45, 7) is 2.12. The van der Waals surface area contributed by atoms with E-state index in [0.29, 0.717) is 34.6 Å². The van der Waals surface area contributed by atoms with Gasteiger partial charge in [0.1, 0.15) is 10.8 Å². The average Bonchev–Trinajstić information content (AvgIpc) is 3.22. The van der Waals surface area contributed by atoms with Gasteiger partial charge in [-0.25, -0.2) is 4.98 Å². The van der Waals surface area contributed by atoms with Crippen LogP contribution in [0.2, 0.25) is 5.15 Å². The molecule has 2 heterocycles. The molecule has 1 unspecified atom stereocenters. The maximum atomic E-state index is 5.88. The normalized spacial score (nSPS) is 15.9. The van der Waals surface area contributed by atoms with Crippen molar-refractivity contribution >= 4 is 23.5 Å². The topological polar surface area (TPSA) is 89.6 Å². The molecule has 20 heavy (non-hydrogen) atoms. The summed E-state index contributed by atoms with van der Waals surface area (Å²) in [4.78, 5) is 16.8. The molecule has 3 N–H and O–H groups in total. The van der Waals surface area contributed by atoms with Gasteiger partial charge in [-0.05, 0) is 37.8 Å². The first kappa shape index (κ1) is 13.1. The van der Waals surface area contributed by atoms with Crippen LogP contribution in [0.3, 0.4) is 0 Å². The van der Waals surface area contributed by atoms with E-state index in [0.717, 1.165) is 0 Å². The molecule has 2 aromatic heterocycles. The molecule has 0 bridgehead atoms. The second kappa shape index (κ2) is 5.20. The van der Waals surface area contributed by atoms with E-state index < -0.39 is 0 Å². The van der Waals surface area contributed by atoms with Crippen molar-refractivity contribution in [2.45, 2.75) is 25.8 Å². The van der Waals surface area contributed by atoms with Crippen molar-refractivity contribution in [2.75, 3.05) is 11.1 Å². The molecular formula is C13H15ClN6. The largest absolute Gasteiger partial charge is 0.368 e. The summed E-state index contributed by atoms with van der Waals surface area (Å²) in [6, 6.07) is 5.61. The molecule has 0 spiro atoms. The number of aromatic nitrogens is 4. The van der Waals surface area contributed by atoms with Gasteiger partial charge in [-0.3, -0.25) is 0 Å². The van der Waals surface area contributed by atoms with E-state index in [1.807, 2.05) is 0 Å². The lowest BCUT2D eigenvalue weighted by molar-refractivity contribution is 0.685. The number of halogens is 1. The quantitative estimate of drug-likeness (QED) is 0.840. The van der Waals surface area contributed by atoms with Crippen molar-refractivity contribution in [1.82, 2.24) is 19.9 Å². The number of anilines is 2. The molecule has 104 valence electrons. The molecule has 1 atom stereocenters. The summed E-state index contributed by atoms with van der Waals surface area (Å²) in [5, 5.41) is 3.66. The van der Waals surface area contributed by atoms with E-state index in [2.05, 4.69) is 32.2 Å². The third kappa shape index (κ3) is 2.96. The lowest BCUT2D eigenvalue weighted by atomic mass is 10.2. The number of pyridine rings is 1. The molecule has 1 saturated carbocycles. The Hall–Kier alpha value is -1.95. The lowest BCUT2D eigenvalue weighted by Gasteiger charge is -2.13. The van der Waals surface area contributed by atoms with Crippen LogP contribution in [0.4, 0.5) is 11.9 Å². The van der Waals surface area contributed by atoms with E-state index >= 15 is 0 Å². The van der Waals surface area contributed by atoms with Gasteiger partial charge in [-0.2, -0.15) is 15.0 Å². The van der Waals surface area contributed by atoms with Crippen molar-refractivity contribution in [2.24, 2.45) is 5.92 Å². The van der Waals surface area contributed by atoms with Gasteiger partial charge in [-0.15, -0.1) is 0 Å². The zero-order valence-corrected chi connectivity index (χ0v) is 11.8. The number of nitrogens with one attached hydrogen (secondary N) is 1. The van der Waals surface area contributed by atoms with Crippen molar-refractivity contribution < 1.29 is 0 Å². The van der Waals surface area contributed by atoms with E-state index in [1.165, 1.54) is 12.8 Å². The van der Waals surface area contributed by atoms with Crippen molar-refractivity contribution in [3.8, 4) is 11.5 Å². The molecule has 0 amide bonds. The number of hydrogen-bond donors (Lipinski definition) is 2. The van der Waals surface area contributed by atoms with E-state index in [1.54, 1.807) is 18.2 Å². The number of rotatable bonds is 4. The fourth-order valence-electron chi connectivity index (χ4n) is 2.02. The van der Waals surface area contributed by atoms with Gasteiger partial charge in [-0.1, -0.05) is 17.7 Å². The van der Waals surface area contributed by atoms with Crippen LogP contribution in [-0.4, -0.2) is 26.0 Å². The van der Waals surface area contributed by atoms with E-state index in [9.17, 15) is 0 Å². The molecule has 6 nitrogen and oxygen atoms in total. The van der Waals surface area contributed by atoms with Crippen LogP contribution in [-0.2, 0) is 0 Å². The Bertz CT molecular complexity index is 628. The number of nitrogens with zero attached hydrogens (tertiary/aromatic N) is 4.